The molecule has 3 rings (SSSR count). The van der Waals surface area contributed by atoms with Gasteiger partial charge >= 0.3 is 0 Å². The highest BCUT2D eigenvalue weighted by atomic mass is 16.3. The zero-order chi connectivity index (χ0) is 12.7. The molecule has 5 nitrogen and oxygen atoms in total. The lowest BCUT2D eigenvalue weighted by Gasteiger charge is -2.29. The summed E-state index contributed by atoms with van der Waals surface area (Å²) in [5, 5.41) is 13.6. The van der Waals surface area contributed by atoms with Crippen LogP contribution in [0.4, 0.5) is 5.95 Å². The van der Waals surface area contributed by atoms with Crippen molar-refractivity contribution in [3.8, 4) is 5.75 Å². The average Bonchev–Trinajstić information content (AvgIpc) is 2.68. The fourth-order valence-corrected chi connectivity index (χ4v) is 2.64. The van der Waals surface area contributed by atoms with E-state index in [4.69, 9.17) is 5.73 Å². The first-order valence-electron chi connectivity index (χ1n) is 6.11. The van der Waals surface area contributed by atoms with Crippen LogP contribution < -0.4 is 5.73 Å². The number of hydrogen-bond donors (Lipinski definition) is 2. The molecule has 1 aliphatic rings. The summed E-state index contributed by atoms with van der Waals surface area (Å²) < 4.78 is 1.90. The van der Waals surface area contributed by atoms with E-state index in [1.54, 1.807) is 12.1 Å². The summed E-state index contributed by atoms with van der Waals surface area (Å²) in [4.78, 5) is 4.23. The quantitative estimate of drug-likeness (QED) is 0.797. The second-order valence-electron chi connectivity index (χ2n) is 4.95. The van der Waals surface area contributed by atoms with Crippen molar-refractivity contribution in [2.45, 2.75) is 25.8 Å². The van der Waals surface area contributed by atoms with Gasteiger partial charge in [-0.3, -0.25) is 0 Å². The highest BCUT2D eigenvalue weighted by Gasteiger charge is 2.28. The Morgan fingerprint density at radius 2 is 2.06 bits per heavy atom. The molecule has 18 heavy (non-hydrogen) atoms. The van der Waals surface area contributed by atoms with Crippen LogP contribution in [0.1, 0.15) is 24.2 Å². The van der Waals surface area contributed by atoms with E-state index in [1.807, 2.05) is 16.8 Å². The summed E-state index contributed by atoms with van der Waals surface area (Å²) in [5.74, 6) is 2.50. The molecular formula is C13H16N4O. The molecule has 1 aromatic heterocycles. The smallest absolute Gasteiger partial charge is 0.239 e. The molecule has 5 heteroatoms. The second-order valence-corrected chi connectivity index (χ2v) is 4.95. The van der Waals surface area contributed by atoms with Gasteiger partial charge in [-0.25, -0.2) is 4.68 Å². The number of benzene rings is 1. The minimum Gasteiger partial charge on any atom is -0.508 e. The molecule has 0 amide bonds. The van der Waals surface area contributed by atoms with Crippen LogP contribution in [0.3, 0.4) is 0 Å². The standard InChI is InChI=1S/C13H16N4O/c1-8-6-12-15-13(14)16-17(12)7-11(8)9-2-4-10(18)5-3-9/h2-5,8,11,18H,6-7H2,1H3,(H2,14,16). The molecule has 0 saturated carbocycles. The maximum Gasteiger partial charge on any atom is 0.239 e. The normalized spacial score (nSPS) is 22.7. The van der Waals surface area contributed by atoms with Crippen LogP contribution in [0.15, 0.2) is 24.3 Å². The van der Waals surface area contributed by atoms with Gasteiger partial charge in [0.25, 0.3) is 0 Å². The molecule has 1 aromatic carbocycles. The van der Waals surface area contributed by atoms with Crippen LogP contribution in [0.2, 0.25) is 0 Å². The maximum atomic E-state index is 9.34. The minimum atomic E-state index is 0.299. The van der Waals surface area contributed by atoms with Crippen LogP contribution >= 0.6 is 0 Å². The number of aromatic hydroxyl groups is 1. The third-order valence-electron chi connectivity index (χ3n) is 3.65. The highest BCUT2D eigenvalue weighted by Crippen LogP contribution is 2.33. The number of fused-ring (bicyclic) bond motifs is 1. The molecule has 0 fully saturated rings. The molecule has 0 bridgehead atoms. The molecule has 0 spiro atoms. The molecule has 0 radical (unpaired) electrons. The van der Waals surface area contributed by atoms with E-state index < -0.39 is 0 Å². The third-order valence-corrected chi connectivity index (χ3v) is 3.65. The Hall–Kier alpha value is -2.04. The molecule has 2 unspecified atom stereocenters. The fraction of sp³-hybridized carbons (Fsp3) is 0.385. The number of nitrogens with two attached hydrogens (primary N) is 1. The van der Waals surface area contributed by atoms with Crippen molar-refractivity contribution in [3.63, 3.8) is 0 Å². The molecule has 0 saturated heterocycles. The predicted molar refractivity (Wildman–Crippen MR) is 68.2 cm³/mol. The Bertz CT molecular complexity index is 561. The summed E-state index contributed by atoms with van der Waals surface area (Å²) in [6.07, 6.45) is 0.885. The highest BCUT2D eigenvalue weighted by molar-refractivity contribution is 5.29. The van der Waals surface area contributed by atoms with E-state index in [2.05, 4.69) is 17.0 Å². The van der Waals surface area contributed by atoms with Crippen molar-refractivity contribution in [1.82, 2.24) is 14.8 Å². The lowest BCUT2D eigenvalue weighted by Crippen LogP contribution is -2.27. The van der Waals surface area contributed by atoms with Gasteiger partial charge in [0.2, 0.25) is 5.95 Å². The Labute approximate surface area is 105 Å². The summed E-state index contributed by atoms with van der Waals surface area (Å²) in [7, 11) is 0. The van der Waals surface area contributed by atoms with Gasteiger partial charge in [0.05, 0.1) is 6.54 Å². The van der Waals surface area contributed by atoms with E-state index >= 15 is 0 Å². The van der Waals surface area contributed by atoms with E-state index in [9.17, 15) is 5.11 Å². The lowest BCUT2D eigenvalue weighted by atomic mass is 9.83. The van der Waals surface area contributed by atoms with Gasteiger partial charge in [0, 0.05) is 12.3 Å². The third kappa shape index (κ3) is 1.81. The molecule has 2 heterocycles. The number of nitrogen functional groups attached to an aromatic ring is 1. The first-order chi connectivity index (χ1) is 8.63. The van der Waals surface area contributed by atoms with E-state index in [0.717, 1.165) is 18.8 Å². The van der Waals surface area contributed by atoms with Gasteiger partial charge in [-0.15, -0.1) is 5.10 Å². The summed E-state index contributed by atoms with van der Waals surface area (Å²) in [6.45, 7) is 3.01. The molecule has 3 N–H and O–H groups in total. The Morgan fingerprint density at radius 3 is 2.78 bits per heavy atom. The summed E-state index contributed by atoms with van der Waals surface area (Å²) in [5.41, 5.74) is 6.85. The predicted octanol–water partition coefficient (Wildman–Crippen LogP) is 1.54. The number of aromatic nitrogens is 3. The van der Waals surface area contributed by atoms with Crippen molar-refractivity contribution in [3.05, 3.63) is 35.7 Å². The Morgan fingerprint density at radius 1 is 1.33 bits per heavy atom. The number of nitrogens with zero attached hydrogens (tertiary/aromatic N) is 3. The largest absolute Gasteiger partial charge is 0.508 e. The van der Waals surface area contributed by atoms with Gasteiger partial charge in [0.1, 0.15) is 11.6 Å². The number of rotatable bonds is 1. The van der Waals surface area contributed by atoms with Crippen LogP contribution in [-0.4, -0.2) is 19.9 Å². The van der Waals surface area contributed by atoms with Crippen molar-refractivity contribution in [1.29, 1.82) is 0 Å². The molecule has 1 aliphatic heterocycles. The SMILES string of the molecule is CC1Cc2nc(N)nn2CC1c1ccc(O)cc1. The summed E-state index contributed by atoms with van der Waals surface area (Å²) in [6, 6.07) is 7.41. The van der Waals surface area contributed by atoms with Gasteiger partial charge in [-0.05, 0) is 23.6 Å². The Kier molecular flexibility index (Phi) is 2.47. The first-order valence-corrected chi connectivity index (χ1v) is 6.11. The van der Waals surface area contributed by atoms with Crippen LogP contribution in [0.5, 0.6) is 5.75 Å². The van der Waals surface area contributed by atoms with Crippen molar-refractivity contribution < 1.29 is 5.11 Å². The van der Waals surface area contributed by atoms with E-state index in [0.29, 0.717) is 23.5 Å². The molecular weight excluding hydrogens is 228 g/mol. The zero-order valence-corrected chi connectivity index (χ0v) is 10.2. The van der Waals surface area contributed by atoms with Crippen molar-refractivity contribution >= 4 is 5.95 Å². The van der Waals surface area contributed by atoms with Gasteiger partial charge in [-0.1, -0.05) is 19.1 Å². The summed E-state index contributed by atoms with van der Waals surface area (Å²) >= 11 is 0. The number of anilines is 1. The van der Waals surface area contributed by atoms with Crippen LogP contribution in [0.25, 0.3) is 0 Å². The molecule has 94 valence electrons. The molecule has 2 aromatic rings. The second kappa shape index (κ2) is 4.01. The first kappa shape index (κ1) is 11.1. The fourth-order valence-electron chi connectivity index (χ4n) is 2.64. The van der Waals surface area contributed by atoms with Crippen LogP contribution in [0, 0.1) is 5.92 Å². The average molecular weight is 244 g/mol. The van der Waals surface area contributed by atoms with Gasteiger partial charge in [-0.2, -0.15) is 4.98 Å². The number of phenolic OH excluding ortho intramolecular Hbond substituents is 1. The molecule has 0 aliphatic carbocycles. The topological polar surface area (TPSA) is 77.0 Å². The lowest BCUT2D eigenvalue weighted by molar-refractivity contribution is 0.330. The maximum absolute atomic E-state index is 9.34. The van der Waals surface area contributed by atoms with Gasteiger partial charge < -0.3 is 10.8 Å². The molecule has 2 atom stereocenters. The van der Waals surface area contributed by atoms with Crippen molar-refractivity contribution in [2.24, 2.45) is 5.92 Å². The number of phenols is 1. The Balaban J connectivity index is 1.92. The zero-order valence-electron chi connectivity index (χ0n) is 10.2. The van der Waals surface area contributed by atoms with E-state index in [1.165, 1.54) is 5.56 Å². The van der Waals surface area contributed by atoms with Crippen LogP contribution in [-0.2, 0) is 13.0 Å². The number of hydrogen-bond acceptors (Lipinski definition) is 4. The minimum absolute atomic E-state index is 0.299. The van der Waals surface area contributed by atoms with Crippen molar-refractivity contribution in [2.75, 3.05) is 5.73 Å². The van der Waals surface area contributed by atoms with Gasteiger partial charge in [0.15, 0.2) is 0 Å². The van der Waals surface area contributed by atoms with E-state index in [-0.39, 0.29) is 0 Å². The monoisotopic (exact) mass is 244 g/mol.